The average Bonchev–Trinajstić information content (AvgIpc) is 3.50. The van der Waals surface area contributed by atoms with E-state index in [0.717, 1.165) is 47.0 Å². The molecule has 0 aliphatic heterocycles. The fraction of sp³-hybridized carbons (Fsp3) is 0.333. The molecule has 1 atom stereocenters. The number of aromatic nitrogens is 3. The number of carbonyl (C=O) groups excluding carboxylic acids is 2. The monoisotopic (exact) mass is 513 g/mol. The van der Waals surface area contributed by atoms with Crippen molar-refractivity contribution in [3.05, 3.63) is 83.4 Å². The minimum Gasteiger partial charge on any atom is -0.384 e. The number of carbonyl (C=O) groups is 2. The molecule has 0 saturated heterocycles. The van der Waals surface area contributed by atoms with Gasteiger partial charge in [-0.15, -0.1) is 0 Å². The lowest BCUT2D eigenvalue weighted by Gasteiger charge is -2.14. The van der Waals surface area contributed by atoms with Crippen LogP contribution in [0.3, 0.4) is 0 Å². The number of anilines is 2. The number of ether oxygens (including phenoxy) is 1. The second kappa shape index (κ2) is 12.5. The van der Waals surface area contributed by atoms with Crippen LogP contribution in [0.1, 0.15) is 48.9 Å². The van der Waals surface area contributed by atoms with E-state index in [1.54, 1.807) is 25.7 Å². The van der Waals surface area contributed by atoms with E-state index in [0.29, 0.717) is 12.4 Å². The van der Waals surface area contributed by atoms with Crippen molar-refractivity contribution >= 4 is 34.2 Å². The Hall–Kier alpha value is -4.04. The van der Waals surface area contributed by atoms with Gasteiger partial charge in [-0.2, -0.15) is 0 Å². The highest BCUT2D eigenvalue weighted by atomic mass is 16.5. The molecule has 8 heteroatoms. The molecule has 1 aromatic carbocycles. The quantitative estimate of drug-likeness (QED) is 0.341. The molecule has 2 amide bonds. The second-order valence-corrected chi connectivity index (χ2v) is 9.18. The standard InChI is InChI=1S/C28H29N5O3.C2H6/c1-18(34)31-28-25(4-3-9-30-28)22-12-19-5-6-23(14-21(19)13-22)32-27(35)17-33-16-20(8-11-36-2)24-7-10-29-15-26(24)33;1-2/h3-7,9-10,14-16,22H,8,11-13,17H2,1-2H3,(H,32,35)(H,30,31,34);1-2H3. The molecule has 1 aliphatic carbocycles. The number of nitrogens with one attached hydrogen (secondary N) is 2. The molecule has 2 N–H and O–H groups in total. The van der Waals surface area contributed by atoms with Gasteiger partial charge in [0.2, 0.25) is 11.8 Å². The van der Waals surface area contributed by atoms with Crippen LogP contribution in [0.2, 0.25) is 0 Å². The summed E-state index contributed by atoms with van der Waals surface area (Å²) in [6, 6.07) is 12.0. The molecule has 5 rings (SSSR count). The highest BCUT2D eigenvalue weighted by molar-refractivity contribution is 5.92. The summed E-state index contributed by atoms with van der Waals surface area (Å²) in [4.78, 5) is 33.2. The van der Waals surface area contributed by atoms with E-state index in [1.807, 2.05) is 48.9 Å². The summed E-state index contributed by atoms with van der Waals surface area (Å²) in [7, 11) is 1.69. The third-order valence-corrected chi connectivity index (χ3v) is 6.65. The summed E-state index contributed by atoms with van der Waals surface area (Å²) in [5, 5.41) is 6.99. The molecule has 0 radical (unpaired) electrons. The van der Waals surface area contributed by atoms with Crippen molar-refractivity contribution in [1.82, 2.24) is 14.5 Å². The number of methoxy groups -OCH3 is 1. The van der Waals surface area contributed by atoms with E-state index in [-0.39, 0.29) is 24.3 Å². The molecule has 198 valence electrons. The zero-order valence-electron chi connectivity index (χ0n) is 22.5. The van der Waals surface area contributed by atoms with Crippen molar-refractivity contribution in [2.24, 2.45) is 0 Å². The number of nitrogens with zero attached hydrogens (tertiary/aromatic N) is 3. The molecular formula is C30H35N5O3. The van der Waals surface area contributed by atoms with E-state index in [1.165, 1.54) is 18.1 Å². The van der Waals surface area contributed by atoms with Crippen molar-refractivity contribution in [3.8, 4) is 0 Å². The zero-order valence-corrected chi connectivity index (χ0v) is 22.5. The second-order valence-electron chi connectivity index (χ2n) is 9.18. The van der Waals surface area contributed by atoms with Gasteiger partial charge in [0.15, 0.2) is 0 Å². The Balaban J connectivity index is 0.00000164. The van der Waals surface area contributed by atoms with Crippen LogP contribution in [0.4, 0.5) is 11.5 Å². The SMILES string of the molecule is CC.COCCc1cn(CC(=O)Nc2ccc3c(c2)CC(c2cccnc2NC(C)=O)C3)c2cnccc12. The smallest absolute Gasteiger partial charge is 0.244 e. The minimum atomic E-state index is -0.132. The molecule has 0 spiro atoms. The van der Waals surface area contributed by atoms with Gasteiger partial charge in [-0.1, -0.05) is 26.0 Å². The Bertz CT molecular complexity index is 1430. The molecule has 8 nitrogen and oxygen atoms in total. The lowest BCUT2D eigenvalue weighted by molar-refractivity contribution is -0.116. The van der Waals surface area contributed by atoms with Gasteiger partial charge in [-0.25, -0.2) is 4.98 Å². The van der Waals surface area contributed by atoms with Crippen molar-refractivity contribution in [3.63, 3.8) is 0 Å². The molecule has 0 bridgehead atoms. The number of hydrogen-bond acceptors (Lipinski definition) is 5. The highest BCUT2D eigenvalue weighted by Gasteiger charge is 2.26. The van der Waals surface area contributed by atoms with Gasteiger partial charge in [0.25, 0.3) is 0 Å². The van der Waals surface area contributed by atoms with Gasteiger partial charge >= 0.3 is 0 Å². The average molecular weight is 514 g/mol. The number of hydrogen-bond donors (Lipinski definition) is 2. The van der Waals surface area contributed by atoms with Crippen LogP contribution in [-0.2, 0) is 40.1 Å². The topological polar surface area (TPSA) is 98.1 Å². The number of benzene rings is 1. The fourth-order valence-corrected chi connectivity index (χ4v) is 5.05. The molecule has 4 aromatic rings. The van der Waals surface area contributed by atoms with Gasteiger partial charge in [0.05, 0.1) is 18.3 Å². The number of amides is 2. The Kier molecular flexibility index (Phi) is 8.86. The van der Waals surface area contributed by atoms with Gasteiger partial charge in [0, 0.05) is 43.7 Å². The summed E-state index contributed by atoms with van der Waals surface area (Å²) in [5.41, 5.74) is 6.34. The zero-order chi connectivity index (χ0) is 27.1. The van der Waals surface area contributed by atoms with E-state index >= 15 is 0 Å². The van der Waals surface area contributed by atoms with Gasteiger partial charge in [0.1, 0.15) is 12.4 Å². The predicted octanol–water partition coefficient (Wildman–Crippen LogP) is 5.13. The largest absolute Gasteiger partial charge is 0.384 e. The molecule has 3 heterocycles. The minimum absolute atomic E-state index is 0.0938. The first kappa shape index (κ1) is 27.0. The van der Waals surface area contributed by atoms with Crippen LogP contribution >= 0.6 is 0 Å². The van der Waals surface area contributed by atoms with E-state index in [4.69, 9.17) is 4.74 Å². The maximum absolute atomic E-state index is 13.0. The molecule has 38 heavy (non-hydrogen) atoms. The summed E-state index contributed by atoms with van der Waals surface area (Å²) in [6.45, 7) is 6.31. The fourth-order valence-electron chi connectivity index (χ4n) is 5.05. The van der Waals surface area contributed by atoms with Crippen LogP contribution < -0.4 is 10.6 Å². The van der Waals surface area contributed by atoms with Crippen LogP contribution in [0.25, 0.3) is 10.9 Å². The maximum Gasteiger partial charge on any atom is 0.244 e. The van der Waals surface area contributed by atoms with Crippen molar-refractivity contribution in [1.29, 1.82) is 0 Å². The first-order chi connectivity index (χ1) is 18.5. The van der Waals surface area contributed by atoms with E-state index in [2.05, 4.69) is 32.7 Å². The van der Waals surface area contributed by atoms with E-state index < -0.39 is 0 Å². The van der Waals surface area contributed by atoms with Crippen molar-refractivity contribution in [2.75, 3.05) is 24.4 Å². The van der Waals surface area contributed by atoms with Gasteiger partial charge < -0.3 is 19.9 Å². The lowest BCUT2D eigenvalue weighted by atomic mass is 9.96. The molecule has 0 fully saturated rings. The third kappa shape index (κ3) is 6.08. The summed E-state index contributed by atoms with van der Waals surface area (Å²) in [6.07, 6.45) is 9.74. The number of fused-ring (bicyclic) bond motifs is 2. The van der Waals surface area contributed by atoms with Crippen LogP contribution in [-0.4, -0.2) is 40.1 Å². The lowest BCUT2D eigenvalue weighted by Crippen LogP contribution is -2.18. The molecular weight excluding hydrogens is 478 g/mol. The Labute approximate surface area is 223 Å². The van der Waals surface area contributed by atoms with Crippen LogP contribution in [0.15, 0.2) is 61.2 Å². The van der Waals surface area contributed by atoms with Crippen molar-refractivity contribution < 1.29 is 14.3 Å². The highest BCUT2D eigenvalue weighted by Crippen LogP contribution is 2.37. The normalized spacial score (nSPS) is 13.9. The maximum atomic E-state index is 13.0. The molecule has 1 unspecified atom stereocenters. The Morgan fingerprint density at radius 3 is 2.68 bits per heavy atom. The van der Waals surface area contributed by atoms with E-state index in [9.17, 15) is 9.59 Å². The Morgan fingerprint density at radius 2 is 1.89 bits per heavy atom. The first-order valence-corrected chi connectivity index (χ1v) is 13.1. The molecule has 1 aliphatic rings. The molecule has 0 saturated carbocycles. The first-order valence-electron chi connectivity index (χ1n) is 13.1. The predicted molar refractivity (Wildman–Crippen MR) is 150 cm³/mol. The summed E-state index contributed by atoms with van der Waals surface area (Å²) >= 11 is 0. The third-order valence-electron chi connectivity index (χ3n) is 6.65. The summed E-state index contributed by atoms with van der Waals surface area (Å²) in [5.74, 6) is 0.622. The number of rotatable bonds is 8. The molecule has 3 aromatic heterocycles. The van der Waals surface area contributed by atoms with Crippen molar-refractivity contribution in [2.45, 2.75) is 52.5 Å². The van der Waals surface area contributed by atoms with Gasteiger partial charge in [-0.05, 0) is 71.7 Å². The number of pyridine rings is 2. The van der Waals surface area contributed by atoms with Gasteiger partial charge in [-0.3, -0.25) is 14.6 Å². The van der Waals surface area contributed by atoms with Crippen LogP contribution in [0.5, 0.6) is 0 Å². The Morgan fingerprint density at radius 1 is 1.08 bits per heavy atom. The van der Waals surface area contributed by atoms with Crippen LogP contribution in [0, 0.1) is 0 Å². The summed E-state index contributed by atoms with van der Waals surface area (Å²) < 4.78 is 7.18.